The largest absolute Gasteiger partial charge is 0.468 e. The predicted octanol–water partition coefficient (Wildman–Crippen LogP) is 4.11. The van der Waals surface area contributed by atoms with E-state index in [1.165, 1.54) is 6.07 Å². The third-order valence-electron chi connectivity index (χ3n) is 3.93. The van der Waals surface area contributed by atoms with Crippen LogP contribution in [0, 0.1) is 6.92 Å². The van der Waals surface area contributed by atoms with Gasteiger partial charge in [0.25, 0.3) is 0 Å². The first kappa shape index (κ1) is 16.9. The zero-order chi connectivity index (χ0) is 16.4. The van der Waals surface area contributed by atoms with Crippen LogP contribution in [-0.4, -0.2) is 31.6 Å². The molecule has 0 bridgehead atoms. The Balaban J connectivity index is 1.82. The highest BCUT2D eigenvalue weighted by atomic mass is 35.5. The fraction of sp³-hybridized carbons (Fsp3) is 0.375. The molecule has 2 aromatic rings. The first-order valence-corrected chi connectivity index (χ1v) is 10.3. The lowest BCUT2D eigenvalue weighted by Gasteiger charge is -2.21. The van der Waals surface area contributed by atoms with E-state index in [2.05, 4.69) is 0 Å². The van der Waals surface area contributed by atoms with Gasteiger partial charge in [0.15, 0.2) is 0 Å². The summed E-state index contributed by atoms with van der Waals surface area (Å²) in [5.41, 5.74) is 0.717. The number of hydrogen-bond donors (Lipinski definition) is 0. The maximum absolute atomic E-state index is 12.9. The van der Waals surface area contributed by atoms with E-state index >= 15 is 0 Å². The third-order valence-corrected chi connectivity index (χ3v) is 7.49. The number of aryl methyl sites for hydroxylation is 1. The highest BCUT2D eigenvalue weighted by Gasteiger charge is 2.30. The standard InChI is InChI=1S/C16H18ClNO3S2/c1-12-4-5-13(17)11-16(12)23(19,20)18-7-6-15(22-10-8-18)14-3-2-9-21-14/h2-5,9,11,15H,6-8,10H2,1H3. The van der Waals surface area contributed by atoms with E-state index in [0.29, 0.717) is 28.6 Å². The molecule has 1 aliphatic heterocycles. The van der Waals surface area contributed by atoms with Crippen molar-refractivity contribution in [1.29, 1.82) is 0 Å². The fourth-order valence-corrected chi connectivity index (χ4v) is 5.92. The molecule has 1 atom stereocenters. The van der Waals surface area contributed by atoms with Gasteiger partial charge in [-0.05, 0) is 43.2 Å². The number of hydrogen-bond acceptors (Lipinski definition) is 4. The van der Waals surface area contributed by atoms with Crippen molar-refractivity contribution in [1.82, 2.24) is 4.31 Å². The highest BCUT2D eigenvalue weighted by molar-refractivity contribution is 7.99. The highest BCUT2D eigenvalue weighted by Crippen LogP contribution is 2.36. The summed E-state index contributed by atoms with van der Waals surface area (Å²) in [5, 5.41) is 0.637. The van der Waals surface area contributed by atoms with Crippen molar-refractivity contribution in [3.8, 4) is 0 Å². The molecule has 3 rings (SSSR count). The molecule has 0 amide bonds. The first-order chi connectivity index (χ1) is 11.0. The number of furan rings is 1. The van der Waals surface area contributed by atoms with E-state index in [-0.39, 0.29) is 5.25 Å². The Bertz CT molecular complexity index is 775. The van der Waals surface area contributed by atoms with E-state index in [0.717, 1.165) is 17.9 Å². The summed E-state index contributed by atoms with van der Waals surface area (Å²) >= 11 is 7.72. The molecule has 23 heavy (non-hydrogen) atoms. The van der Waals surface area contributed by atoms with E-state index in [1.807, 2.05) is 12.1 Å². The normalized spacial score (nSPS) is 20.3. The van der Waals surface area contributed by atoms with Crippen LogP contribution >= 0.6 is 23.4 Å². The van der Waals surface area contributed by atoms with Gasteiger partial charge in [0.2, 0.25) is 10.0 Å². The molecule has 0 saturated carbocycles. The topological polar surface area (TPSA) is 50.5 Å². The lowest BCUT2D eigenvalue weighted by atomic mass is 10.2. The monoisotopic (exact) mass is 371 g/mol. The maximum atomic E-state index is 12.9. The summed E-state index contributed by atoms with van der Waals surface area (Å²) in [4.78, 5) is 0.298. The molecule has 0 N–H and O–H groups in total. The molecule has 1 aromatic heterocycles. The second-order valence-electron chi connectivity index (χ2n) is 5.48. The van der Waals surface area contributed by atoms with Crippen LogP contribution < -0.4 is 0 Å². The van der Waals surface area contributed by atoms with E-state index in [4.69, 9.17) is 16.0 Å². The summed E-state index contributed by atoms with van der Waals surface area (Å²) < 4.78 is 32.9. The Morgan fingerprint density at radius 3 is 2.87 bits per heavy atom. The van der Waals surface area contributed by atoms with Crippen LogP contribution in [0.25, 0.3) is 0 Å². The van der Waals surface area contributed by atoms with Gasteiger partial charge >= 0.3 is 0 Å². The average molecular weight is 372 g/mol. The number of thioether (sulfide) groups is 1. The molecule has 1 aliphatic rings. The molecular weight excluding hydrogens is 354 g/mol. The Hall–Kier alpha value is -0.950. The molecule has 1 aromatic carbocycles. The SMILES string of the molecule is Cc1ccc(Cl)cc1S(=O)(=O)N1CCSC(c2ccco2)CC1. The Morgan fingerprint density at radius 1 is 1.30 bits per heavy atom. The van der Waals surface area contributed by atoms with Crippen LogP contribution in [0.1, 0.15) is 23.0 Å². The van der Waals surface area contributed by atoms with E-state index in [1.54, 1.807) is 41.4 Å². The quantitative estimate of drug-likeness (QED) is 0.814. The molecule has 1 unspecified atom stereocenters. The van der Waals surface area contributed by atoms with Crippen molar-refractivity contribution in [2.75, 3.05) is 18.8 Å². The summed E-state index contributed by atoms with van der Waals surface area (Å²) in [6.45, 7) is 2.77. The lowest BCUT2D eigenvalue weighted by Crippen LogP contribution is -2.33. The number of sulfonamides is 1. The Morgan fingerprint density at radius 2 is 2.13 bits per heavy atom. The molecule has 0 aliphatic carbocycles. The molecule has 0 radical (unpaired) electrons. The molecule has 2 heterocycles. The van der Waals surface area contributed by atoms with Crippen LogP contribution in [-0.2, 0) is 10.0 Å². The van der Waals surface area contributed by atoms with Gasteiger partial charge in [-0.2, -0.15) is 4.31 Å². The summed E-state index contributed by atoms with van der Waals surface area (Å²) in [7, 11) is -3.53. The van der Waals surface area contributed by atoms with Crippen LogP contribution in [0.3, 0.4) is 0 Å². The maximum Gasteiger partial charge on any atom is 0.243 e. The third kappa shape index (κ3) is 3.60. The van der Waals surface area contributed by atoms with Gasteiger partial charge in [0.05, 0.1) is 16.4 Å². The van der Waals surface area contributed by atoms with Crippen LogP contribution in [0.2, 0.25) is 5.02 Å². The van der Waals surface area contributed by atoms with E-state index < -0.39 is 10.0 Å². The predicted molar refractivity (Wildman–Crippen MR) is 93.5 cm³/mol. The minimum absolute atomic E-state index is 0.200. The zero-order valence-electron chi connectivity index (χ0n) is 12.7. The second kappa shape index (κ2) is 6.89. The molecule has 7 heteroatoms. The lowest BCUT2D eigenvalue weighted by molar-refractivity contribution is 0.417. The summed E-state index contributed by atoms with van der Waals surface area (Å²) in [5.74, 6) is 1.65. The Labute approximate surface area is 145 Å². The van der Waals surface area contributed by atoms with Crippen molar-refractivity contribution in [3.63, 3.8) is 0 Å². The summed E-state index contributed by atoms with van der Waals surface area (Å²) in [6, 6.07) is 8.80. The van der Waals surface area contributed by atoms with Gasteiger partial charge in [-0.15, -0.1) is 11.8 Å². The number of halogens is 1. The second-order valence-corrected chi connectivity index (χ2v) is 9.13. The van der Waals surface area contributed by atoms with Gasteiger partial charge in [-0.25, -0.2) is 8.42 Å². The van der Waals surface area contributed by atoms with Gasteiger partial charge in [0.1, 0.15) is 5.76 Å². The molecule has 124 valence electrons. The summed E-state index contributed by atoms with van der Waals surface area (Å²) in [6.07, 6.45) is 2.39. The van der Waals surface area contributed by atoms with Crippen molar-refractivity contribution < 1.29 is 12.8 Å². The van der Waals surface area contributed by atoms with E-state index in [9.17, 15) is 8.42 Å². The van der Waals surface area contributed by atoms with Crippen molar-refractivity contribution >= 4 is 33.4 Å². The van der Waals surface area contributed by atoms with Crippen LogP contribution in [0.5, 0.6) is 0 Å². The van der Waals surface area contributed by atoms with Gasteiger partial charge in [0, 0.05) is 23.9 Å². The first-order valence-electron chi connectivity index (χ1n) is 7.40. The van der Waals surface area contributed by atoms with Crippen molar-refractivity contribution in [2.45, 2.75) is 23.5 Å². The van der Waals surface area contributed by atoms with Crippen molar-refractivity contribution in [2.24, 2.45) is 0 Å². The molecule has 1 saturated heterocycles. The smallest absolute Gasteiger partial charge is 0.243 e. The number of benzene rings is 1. The molecule has 0 spiro atoms. The van der Waals surface area contributed by atoms with Gasteiger partial charge < -0.3 is 4.42 Å². The van der Waals surface area contributed by atoms with Crippen LogP contribution in [0.15, 0.2) is 45.9 Å². The minimum atomic E-state index is -3.53. The Kier molecular flexibility index (Phi) is 5.06. The number of rotatable bonds is 3. The van der Waals surface area contributed by atoms with Gasteiger partial charge in [-0.3, -0.25) is 0 Å². The zero-order valence-corrected chi connectivity index (χ0v) is 15.1. The molecule has 4 nitrogen and oxygen atoms in total. The minimum Gasteiger partial charge on any atom is -0.468 e. The molecule has 1 fully saturated rings. The fourth-order valence-electron chi connectivity index (χ4n) is 2.68. The van der Waals surface area contributed by atoms with Gasteiger partial charge in [-0.1, -0.05) is 17.7 Å². The van der Waals surface area contributed by atoms with Crippen LogP contribution in [0.4, 0.5) is 0 Å². The van der Waals surface area contributed by atoms with Crippen molar-refractivity contribution in [3.05, 3.63) is 52.9 Å². The molecular formula is C16H18ClNO3S2. The average Bonchev–Trinajstić information content (AvgIpc) is 2.93. The number of nitrogens with zero attached hydrogens (tertiary/aromatic N) is 1.